The van der Waals surface area contributed by atoms with Crippen molar-refractivity contribution < 1.29 is 14.3 Å². The summed E-state index contributed by atoms with van der Waals surface area (Å²) in [6, 6.07) is 14.9. The van der Waals surface area contributed by atoms with E-state index in [1.165, 1.54) is 0 Å². The number of nitrogens with zero attached hydrogens (tertiary/aromatic N) is 2. The van der Waals surface area contributed by atoms with Crippen LogP contribution in [0.3, 0.4) is 0 Å². The summed E-state index contributed by atoms with van der Waals surface area (Å²) >= 11 is 0. The average molecular weight is 366 g/mol. The second kappa shape index (κ2) is 8.20. The summed E-state index contributed by atoms with van der Waals surface area (Å²) in [5, 5.41) is 2.86. The first kappa shape index (κ1) is 17.5. The fraction of sp³-hybridized carbons (Fsp3) is 0.300. The molecule has 1 aliphatic rings. The van der Waals surface area contributed by atoms with Crippen molar-refractivity contribution in [2.24, 2.45) is 0 Å². The summed E-state index contributed by atoms with van der Waals surface area (Å²) < 4.78 is 10.8. The molecule has 0 bridgehead atoms. The zero-order valence-electron chi connectivity index (χ0n) is 15.0. The Bertz CT molecular complexity index is 904. The molecule has 4 rings (SSSR count). The highest BCUT2D eigenvalue weighted by Gasteiger charge is 2.13. The number of ether oxygens (including phenoxy) is 2. The second-order valence-electron chi connectivity index (χ2n) is 6.45. The number of hydrogen-bond acceptors (Lipinski definition) is 5. The molecule has 3 aromatic rings. The molecule has 7 heteroatoms. The number of anilines is 1. The molecule has 7 nitrogen and oxygen atoms in total. The number of amides is 1. The van der Waals surface area contributed by atoms with Gasteiger partial charge in [0.05, 0.1) is 30.8 Å². The van der Waals surface area contributed by atoms with Crippen molar-refractivity contribution in [1.29, 1.82) is 0 Å². The van der Waals surface area contributed by atoms with Crippen LogP contribution in [0.25, 0.3) is 11.0 Å². The van der Waals surface area contributed by atoms with E-state index in [4.69, 9.17) is 9.47 Å². The smallest absolute Gasteiger partial charge is 0.262 e. The van der Waals surface area contributed by atoms with Crippen molar-refractivity contribution in [2.75, 3.05) is 38.2 Å². The van der Waals surface area contributed by atoms with Crippen LogP contribution in [-0.2, 0) is 16.1 Å². The fourth-order valence-corrected chi connectivity index (χ4v) is 3.05. The van der Waals surface area contributed by atoms with Gasteiger partial charge in [0.15, 0.2) is 6.61 Å². The summed E-state index contributed by atoms with van der Waals surface area (Å²) in [6.07, 6.45) is 0. The quantitative estimate of drug-likeness (QED) is 0.700. The lowest BCUT2D eigenvalue weighted by molar-refractivity contribution is -0.118. The topological polar surface area (TPSA) is 79.5 Å². The number of nitrogens with one attached hydrogen (secondary N) is 2. The van der Waals surface area contributed by atoms with Crippen molar-refractivity contribution >= 4 is 22.6 Å². The molecular weight excluding hydrogens is 344 g/mol. The summed E-state index contributed by atoms with van der Waals surface area (Å²) in [5.74, 6) is 1.39. The number of rotatable bonds is 6. The van der Waals surface area contributed by atoms with E-state index in [0.717, 1.165) is 49.7 Å². The van der Waals surface area contributed by atoms with Crippen molar-refractivity contribution in [3.63, 3.8) is 0 Å². The SMILES string of the molecule is O=C(COc1ccccc1)Nc1ccc2nc(CN3CCOCC3)[nH]c2c1. The number of aromatic amines is 1. The summed E-state index contributed by atoms with van der Waals surface area (Å²) in [4.78, 5) is 22.4. The first-order valence-corrected chi connectivity index (χ1v) is 9.03. The minimum absolute atomic E-state index is 0.0344. The zero-order chi connectivity index (χ0) is 18.5. The van der Waals surface area contributed by atoms with Crippen LogP contribution in [0.15, 0.2) is 48.5 Å². The molecule has 1 fully saturated rings. The molecule has 1 aliphatic heterocycles. The molecule has 0 spiro atoms. The number of para-hydroxylation sites is 1. The van der Waals surface area contributed by atoms with Gasteiger partial charge < -0.3 is 19.8 Å². The molecule has 27 heavy (non-hydrogen) atoms. The number of benzene rings is 2. The third-order valence-electron chi connectivity index (χ3n) is 4.40. The van der Waals surface area contributed by atoms with Gasteiger partial charge >= 0.3 is 0 Å². The molecule has 0 unspecified atom stereocenters. The van der Waals surface area contributed by atoms with Crippen LogP contribution < -0.4 is 10.1 Å². The number of H-pyrrole nitrogens is 1. The number of imidazole rings is 1. The number of fused-ring (bicyclic) bond motifs is 1. The monoisotopic (exact) mass is 366 g/mol. The van der Waals surface area contributed by atoms with Gasteiger partial charge in [-0.2, -0.15) is 0 Å². The van der Waals surface area contributed by atoms with Gasteiger partial charge in [0, 0.05) is 18.8 Å². The zero-order valence-corrected chi connectivity index (χ0v) is 15.0. The van der Waals surface area contributed by atoms with E-state index in [9.17, 15) is 4.79 Å². The Morgan fingerprint density at radius 2 is 2.00 bits per heavy atom. The van der Waals surface area contributed by atoms with Crippen LogP contribution in [-0.4, -0.2) is 53.7 Å². The van der Waals surface area contributed by atoms with Crippen molar-refractivity contribution in [3.8, 4) is 5.75 Å². The molecule has 2 aromatic carbocycles. The molecule has 2 N–H and O–H groups in total. The highest BCUT2D eigenvalue weighted by molar-refractivity contribution is 5.94. The van der Waals surface area contributed by atoms with E-state index in [-0.39, 0.29) is 12.5 Å². The molecule has 0 atom stereocenters. The van der Waals surface area contributed by atoms with E-state index >= 15 is 0 Å². The number of aromatic nitrogens is 2. The Kier molecular flexibility index (Phi) is 5.32. The molecule has 0 saturated carbocycles. The van der Waals surface area contributed by atoms with E-state index in [1.807, 2.05) is 48.5 Å². The maximum atomic E-state index is 12.1. The minimum Gasteiger partial charge on any atom is -0.484 e. The highest BCUT2D eigenvalue weighted by Crippen LogP contribution is 2.18. The van der Waals surface area contributed by atoms with Gasteiger partial charge in [-0.05, 0) is 30.3 Å². The third-order valence-corrected chi connectivity index (χ3v) is 4.40. The number of carbonyl (C=O) groups excluding carboxylic acids is 1. The molecule has 1 saturated heterocycles. The fourth-order valence-electron chi connectivity index (χ4n) is 3.05. The van der Waals surface area contributed by atoms with Gasteiger partial charge in [-0.15, -0.1) is 0 Å². The Labute approximate surface area is 157 Å². The van der Waals surface area contributed by atoms with Crippen molar-refractivity contribution in [1.82, 2.24) is 14.9 Å². The Hall–Kier alpha value is -2.90. The van der Waals surface area contributed by atoms with Gasteiger partial charge in [0.25, 0.3) is 5.91 Å². The van der Waals surface area contributed by atoms with Gasteiger partial charge in [-0.1, -0.05) is 18.2 Å². The van der Waals surface area contributed by atoms with Gasteiger partial charge in [0.1, 0.15) is 11.6 Å². The van der Waals surface area contributed by atoms with E-state index in [2.05, 4.69) is 20.2 Å². The predicted molar refractivity (Wildman–Crippen MR) is 103 cm³/mol. The first-order valence-electron chi connectivity index (χ1n) is 9.03. The number of hydrogen-bond donors (Lipinski definition) is 2. The lowest BCUT2D eigenvalue weighted by Gasteiger charge is -2.25. The highest BCUT2D eigenvalue weighted by atomic mass is 16.5. The van der Waals surface area contributed by atoms with Crippen LogP contribution in [0.1, 0.15) is 5.82 Å². The Morgan fingerprint density at radius 3 is 2.81 bits per heavy atom. The molecule has 0 aliphatic carbocycles. The summed E-state index contributed by atoms with van der Waals surface area (Å²) in [7, 11) is 0. The maximum Gasteiger partial charge on any atom is 0.262 e. The van der Waals surface area contributed by atoms with Crippen LogP contribution in [0.2, 0.25) is 0 Å². The van der Waals surface area contributed by atoms with Crippen LogP contribution in [0.4, 0.5) is 5.69 Å². The standard InChI is InChI=1S/C20H22N4O3/c25-20(14-27-16-4-2-1-3-5-16)21-15-6-7-17-18(12-15)23-19(22-17)13-24-8-10-26-11-9-24/h1-7,12H,8-11,13-14H2,(H,21,25)(H,22,23). The normalized spacial score (nSPS) is 15.0. The number of morpholine rings is 1. The van der Waals surface area contributed by atoms with Crippen molar-refractivity contribution in [2.45, 2.75) is 6.54 Å². The number of carbonyl (C=O) groups is 1. The van der Waals surface area contributed by atoms with E-state index < -0.39 is 0 Å². The molecule has 140 valence electrons. The predicted octanol–water partition coefficient (Wildman–Crippen LogP) is 2.41. The lowest BCUT2D eigenvalue weighted by atomic mass is 10.3. The Morgan fingerprint density at radius 1 is 1.19 bits per heavy atom. The van der Waals surface area contributed by atoms with Crippen LogP contribution in [0.5, 0.6) is 5.75 Å². The lowest BCUT2D eigenvalue weighted by Crippen LogP contribution is -2.35. The van der Waals surface area contributed by atoms with Gasteiger partial charge in [-0.3, -0.25) is 9.69 Å². The van der Waals surface area contributed by atoms with E-state index in [0.29, 0.717) is 11.4 Å². The third kappa shape index (κ3) is 4.64. The van der Waals surface area contributed by atoms with Crippen molar-refractivity contribution in [3.05, 3.63) is 54.4 Å². The summed E-state index contributed by atoms with van der Waals surface area (Å²) in [5.41, 5.74) is 2.50. The largest absolute Gasteiger partial charge is 0.484 e. The molecule has 1 amide bonds. The maximum absolute atomic E-state index is 12.1. The molecule has 2 heterocycles. The van der Waals surface area contributed by atoms with Crippen LogP contribution >= 0.6 is 0 Å². The Balaban J connectivity index is 1.36. The second-order valence-corrected chi connectivity index (χ2v) is 6.45. The van der Waals surface area contributed by atoms with Gasteiger partial charge in [-0.25, -0.2) is 4.98 Å². The van der Waals surface area contributed by atoms with Crippen LogP contribution in [0, 0.1) is 0 Å². The molecule has 0 radical (unpaired) electrons. The first-order chi connectivity index (χ1) is 13.3. The molecule has 1 aromatic heterocycles. The van der Waals surface area contributed by atoms with Gasteiger partial charge in [0.2, 0.25) is 0 Å². The van der Waals surface area contributed by atoms with E-state index in [1.54, 1.807) is 0 Å². The summed E-state index contributed by atoms with van der Waals surface area (Å²) in [6.45, 7) is 4.10. The minimum atomic E-state index is -0.203. The molecular formula is C20H22N4O3. The average Bonchev–Trinajstić information content (AvgIpc) is 3.09.